The third kappa shape index (κ3) is 7.20. The highest BCUT2D eigenvalue weighted by Gasteiger charge is 2.34. The minimum atomic E-state index is -4.79. The molecule has 0 atom stereocenters. The molecule has 0 aromatic heterocycles. The Kier molecular flexibility index (Phi) is 7.86. The molecule has 0 saturated carbocycles. The Morgan fingerprint density at radius 1 is 1.09 bits per heavy atom. The van der Waals surface area contributed by atoms with Gasteiger partial charge < -0.3 is 0 Å². The van der Waals surface area contributed by atoms with Crippen LogP contribution in [0.2, 0.25) is 5.02 Å². The van der Waals surface area contributed by atoms with Crippen molar-refractivity contribution in [3.63, 3.8) is 0 Å². The number of halogens is 4. The first-order chi connectivity index (χ1) is 15.0. The van der Waals surface area contributed by atoms with Gasteiger partial charge in [-0.15, -0.1) is 0 Å². The third-order valence-electron chi connectivity index (χ3n) is 4.75. The summed E-state index contributed by atoms with van der Waals surface area (Å²) in [5, 5.41) is 3.40. The molecule has 0 fully saturated rings. The fourth-order valence-electron chi connectivity index (χ4n) is 2.87. The van der Waals surface area contributed by atoms with Crippen molar-refractivity contribution in [3.8, 4) is 0 Å². The molecule has 1 amide bonds. The van der Waals surface area contributed by atoms with E-state index in [9.17, 15) is 26.4 Å². The van der Waals surface area contributed by atoms with Crippen LogP contribution in [0.25, 0.3) is 0 Å². The van der Waals surface area contributed by atoms with Crippen molar-refractivity contribution in [2.75, 3.05) is 17.1 Å². The standard InChI is InChI=1S/C22H25ClF3N3O3S/c1-14(15-6-8-16(9-7-15)21(2,3)4)27-28-20(30)13-29(33(5,31)32)17-10-11-19(23)18(12-17)22(24,25)26/h6-12H,13H2,1-5H3,(H,28,30)/b27-14-. The maximum Gasteiger partial charge on any atom is 0.417 e. The molecule has 33 heavy (non-hydrogen) atoms. The topological polar surface area (TPSA) is 78.8 Å². The Bertz CT molecular complexity index is 1160. The molecule has 2 rings (SSSR count). The van der Waals surface area contributed by atoms with Gasteiger partial charge >= 0.3 is 6.18 Å². The zero-order valence-corrected chi connectivity index (χ0v) is 20.4. The van der Waals surface area contributed by atoms with Gasteiger partial charge in [0.05, 0.1) is 28.2 Å². The first-order valence-electron chi connectivity index (χ1n) is 9.78. The van der Waals surface area contributed by atoms with Crippen LogP contribution < -0.4 is 9.73 Å². The lowest BCUT2D eigenvalue weighted by atomic mass is 9.86. The zero-order chi connectivity index (χ0) is 25.2. The van der Waals surface area contributed by atoms with Gasteiger partial charge in [0.2, 0.25) is 10.0 Å². The molecule has 2 aromatic rings. The molecule has 0 aliphatic rings. The van der Waals surface area contributed by atoms with E-state index in [2.05, 4.69) is 31.3 Å². The Morgan fingerprint density at radius 2 is 1.67 bits per heavy atom. The van der Waals surface area contributed by atoms with Crippen LogP contribution in [0.15, 0.2) is 47.6 Å². The van der Waals surface area contributed by atoms with Gasteiger partial charge in [-0.25, -0.2) is 13.8 Å². The molecule has 180 valence electrons. The molecule has 2 aromatic carbocycles. The van der Waals surface area contributed by atoms with E-state index < -0.39 is 39.2 Å². The van der Waals surface area contributed by atoms with Crippen LogP contribution in [-0.2, 0) is 26.4 Å². The van der Waals surface area contributed by atoms with E-state index >= 15 is 0 Å². The third-order valence-corrected chi connectivity index (χ3v) is 6.22. The second-order valence-electron chi connectivity index (χ2n) is 8.49. The van der Waals surface area contributed by atoms with E-state index in [1.165, 1.54) is 0 Å². The van der Waals surface area contributed by atoms with Gasteiger partial charge in [-0.2, -0.15) is 18.3 Å². The summed E-state index contributed by atoms with van der Waals surface area (Å²) in [6.45, 7) is 7.13. The van der Waals surface area contributed by atoms with Crippen LogP contribution in [0.4, 0.5) is 18.9 Å². The van der Waals surface area contributed by atoms with Crippen LogP contribution in [0.3, 0.4) is 0 Å². The summed E-state index contributed by atoms with van der Waals surface area (Å²) in [6.07, 6.45) is -4.00. The Hall–Kier alpha value is -2.59. The zero-order valence-electron chi connectivity index (χ0n) is 18.8. The molecule has 1 N–H and O–H groups in total. The van der Waals surface area contributed by atoms with E-state index in [-0.39, 0.29) is 11.1 Å². The maximum absolute atomic E-state index is 13.2. The lowest BCUT2D eigenvalue weighted by molar-refractivity contribution is -0.137. The van der Waals surface area contributed by atoms with Crippen LogP contribution in [-0.4, -0.2) is 32.8 Å². The van der Waals surface area contributed by atoms with E-state index in [0.717, 1.165) is 29.5 Å². The summed E-state index contributed by atoms with van der Waals surface area (Å²) in [4.78, 5) is 12.4. The Labute approximate surface area is 196 Å². The van der Waals surface area contributed by atoms with E-state index in [1.807, 2.05) is 24.3 Å². The monoisotopic (exact) mass is 503 g/mol. The predicted octanol–water partition coefficient (Wildman–Crippen LogP) is 4.96. The van der Waals surface area contributed by atoms with Crippen molar-refractivity contribution in [1.82, 2.24) is 5.43 Å². The fourth-order valence-corrected chi connectivity index (χ4v) is 3.95. The van der Waals surface area contributed by atoms with Crippen LogP contribution >= 0.6 is 11.6 Å². The number of hydrazone groups is 1. The number of sulfonamides is 1. The van der Waals surface area contributed by atoms with Crippen molar-refractivity contribution in [3.05, 3.63) is 64.2 Å². The van der Waals surface area contributed by atoms with Gasteiger partial charge in [-0.05, 0) is 41.7 Å². The molecule has 11 heteroatoms. The number of alkyl halides is 3. The number of nitrogens with zero attached hydrogens (tertiary/aromatic N) is 2. The molecule has 0 heterocycles. The Morgan fingerprint density at radius 3 is 2.15 bits per heavy atom. The normalized spacial score (nSPS) is 13.1. The molecule has 0 aliphatic carbocycles. The van der Waals surface area contributed by atoms with Crippen molar-refractivity contribution >= 4 is 38.9 Å². The van der Waals surface area contributed by atoms with E-state index in [0.29, 0.717) is 16.1 Å². The minimum absolute atomic E-state index is 0.0272. The summed E-state index contributed by atoms with van der Waals surface area (Å²) < 4.78 is 64.4. The van der Waals surface area contributed by atoms with Crippen molar-refractivity contribution in [2.45, 2.75) is 39.3 Å². The van der Waals surface area contributed by atoms with E-state index in [4.69, 9.17) is 11.6 Å². The maximum atomic E-state index is 13.2. The number of carbonyl (C=O) groups excluding carboxylic acids is 1. The molecule has 0 radical (unpaired) electrons. The number of hydrogen-bond acceptors (Lipinski definition) is 4. The number of amides is 1. The smallest absolute Gasteiger partial charge is 0.271 e. The SMILES string of the molecule is C/C(=N/NC(=O)CN(c1ccc(Cl)c(C(F)(F)F)c1)S(C)(=O)=O)c1ccc(C(C)(C)C)cc1. The van der Waals surface area contributed by atoms with Gasteiger partial charge in [0.1, 0.15) is 6.54 Å². The minimum Gasteiger partial charge on any atom is -0.271 e. The van der Waals surface area contributed by atoms with Crippen LogP contribution in [0.1, 0.15) is 44.4 Å². The highest BCUT2D eigenvalue weighted by molar-refractivity contribution is 7.92. The van der Waals surface area contributed by atoms with Crippen LogP contribution in [0.5, 0.6) is 0 Å². The summed E-state index contributed by atoms with van der Waals surface area (Å²) in [6, 6.07) is 10.2. The molecule has 0 aliphatic heterocycles. The number of hydrogen-bond donors (Lipinski definition) is 1. The highest BCUT2D eigenvalue weighted by atomic mass is 35.5. The second-order valence-corrected chi connectivity index (χ2v) is 10.8. The first kappa shape index (κ1) is 26.7. The summed E-state index contributed by atoms with van der Waals surface area (Å²) >= 11 is 5.60. The quantitative estimate of drug-likeness (QED) is 0.447. The average molecular weight is 504 g/mol. The van der Waals surface area contributed by atoms with Crippen LogP contribution in [0, 0.1) is 0 Å². The van der Waals surface area contributed by atoms with Crippen molar-refractivity contribution < 1.29 is 26.4 Å². The number of nitrogens with one attached hydrogen (secondary N) is 1. The fraction of sp³-hybridized carbons (Fsp3) is 0.364. The first-order valence-corrected chi connectivity index (χ1v) is 12.0. The van der Waals surface area contributed by atoms with Gasteiger partial charge in [0.15, 0.2) is 0 Å². The van der Waals surface area contributed by atoms with Crippen molar-refractivity contribution in [2.24, 2.45) is 5.10 Å². The number of rotatable bonds is 6. The molecule has 0 bridgehead atoms. The van der Waals surface area contributed by atoms with Gasteiger partial charge in [0, 0.05) is 0 Å². The van der Waals surface area contributed by atoms with E-state index in [1.54, 1.807) is 6.92 Å². The lowest BCUT2D eigenvalue weighted by Gasteiger charge is -2.22. The van der Waals surface area contributed by atoms with Gasteiger partial charge in [-0.1, -0.05) is 56.6 Å². The molecule has 0 saturated heterocycles. The number of anilines is 1. The molecule has 0 spiro atoms. The molecular weight excluding hydrogens is 479 g/mol. The average Bonchev–Trinajstić information content (AvgIpc) is 2.68. The molecule has 0 unspecified atom stereocenters. The second kappa shape index (κ2) is 9.72. The number of benzene rings is 2. The number of carbonyl (C=O) groups is 1. The molecule has 6 nitrogen and oxygen atoms in total. The van der Waals surface area contributed by atoms with Gasteiger partial charge in [0.25, 0.3) is 5.91 Å². The summed E-state index contributed by atoms with van der Waals surface area (Å²) in [5.41, 5.74) is 3.01. The summed E-state index contributed by atoms with van der Waals surface area (Å²) in [7, 11) is -4.08. The Balaban J connectivity index is 2.22. The molecular formula is C22H25ClF3N3O3S. The van der Waals surface area contributed by atoms with Crippen molar-refractivity contribution in [1.29, 1.82) is 0 Å². The highest BCUT2D eigenvalue weighted by Crippen LogP contribution is 2.37. The van der Waals surface area contributed by atoms with Gasteiger partial charge in [-0.3, -0.25) is 9.10 Å². The predicted molar refractivity (Wildman–Crippen MR) is 124 cm³/mol. The summed E-state index contributed by atoms with van der Waals surface area (Å²) in [5.74, 6) is -0.824. The largest absolute Gasteiger partial charge is 0.417 e. The lowest BCUT2D eigenvalue weighted by Crippen LogP contribution is -2.39.